The van der Waals surface area contributed by atoms with E-state index in [9.17, 15) is 5.21 Å². The van der Waals surface area contributed by atoms with Gasteiger partial charge in [0.15, 0.2) is 6.04 Å². The normalized spacial score (nSPS) is 37.0. The van der Waals surface area contributed by atoms with Gasteiger partial charge in [0.25, 0.3) is 0 Å². The van der Waals surface area contributed by atoms with Crippen molar-refractivity contribution in [3.8, 4) is 6.07 Å². The molecule has 0 aromatic rings. The molecule has 2 unspecified atom stereocenters. The predicted molar refractivity (Wildman–Crippen MR) is 27.8 cm³/mol. The molecule has 1 heterocycles. The fourth-order valence-electron chi connectivity index (χ4n) is 0.952. The Bertz CT molecular complexity index is 118. The molecule has 1 saturated heterocycles. The summed E-state index contributed by atoms with van der Waals surface area (Å²) in [4.78, 5) is 0. The van der Waals surface area contributed by atoms with Gasteiger partial charge in [-0.15, -0.1) is 0 Å². The quantitative estimate of drug-likeness (QED) is 0.411. The van der Waals surface area contributed by atoms with Crippen molar-refractivity contribution in [3.05, 3.63) is 5.21 Å². The van der Waals surface area contributed by atoms with Gasteiger partial charge in [0, 0.05) is 12.8 Å². The summed E-state index contributed by atoms with van der Waals surface area (Å²) < 4.78 is 0. The van der Waals surface area contributed by atoms with Crippen LogP contribution in [0.5, 0.6) is 0 Å². The van der Waals surface area contributed by atoms with Crippen molar-refractivity contribution in [2.75, 3.05) is 6.54 Å². The van der Waals surface area contributed by atoms with Gasteiger partial charge in [-0.2, -0.15) is 5.26 Å². The summed E-state index contributed by atoms with van der Waals surface area (Å²) in [5.74, 6) is 0. The van der Waals surface area contributed by atoms with Gasteiger partial charge < -0.3 is 10.3 Å². The maximum atomic E-state index is 10.6. The molecule has 0 aliphatic carbocycles. The van der Waals surface area contributed by atoms with E-state index in [1.165, 1.54) is 0 Å². The van der Waals surface area contributed by atoms with Gasteiger partial charge in [-0.05, 0) is 0 Å². The number of nitrogens with zero attached hydrogens (tertiary/aromatic N) is 1. The molecular weight excluding hydrogens is 104 g/mol. The Morgan fingerprint density at radius 1 is 1.75 bits per heavy atom. The molecule has 8 heavy (non-hydrogen) atoms. The van der Waals surface area contributed by atoms with Crippen LogP contribution in [0, 0.1) is 16.5 Å². The molecule has 0 radical (unpaired) electrons. The third kappa shape index (κ3) is 0.808. The highest BCUT2D eigenvalue weighted by Crippen LogP contribution is 1.96. The van der Waals surface area contributed by atoms with Crippen LogP contribution < -0.4 is 5.06 Å². The van der Waals surface area contributed by atoms with Crippen LogP contribution in [0.15, 0.2) is 0 Å². The molecule has 1 N–H and O–H groups in total. The maximum Gasteiger partial charge on any atom is 0.174 e. The summed E-state index contributed by atoms with van der Waals surface area (Å²) in [6.45, 7) is 0.623. The van der Waals surface area contributed by atoms with E-state index in [0.29, 0.717) is 6.54 Å². The smallest absolute Gasteiger partial charge is 0.174 e. The first-order valence-corrected chi connectivity index (χ1v) is 2.77. The minimum Gasteiger partial charge on any atom is -0.633 e. The van der Waals surface area contributed by atoms with Crippen molar-refractivity contribution in [1.82, 2.24) is 0 Å². The summed E-state index contributed by atoms with van der Waals surface area (Å²) in [6.07, 6.45) is 1.70. The zero-order chi connectivity index (χ0) is 5.98. The van der Waals surface area contributed by atoms with Crippen LogP contribution in [0.1, 0.15) is 12.8 Å². The second kappa shape index (κ2) is 2.12. The average Bonchev–Trinajstić information content (AvgIpc) is 2.14. The molecule has 3 heteroatoms. The third-order valence-electron chi connectivity index (χ3n) is 1.46. The van der Waals surface area contributed by atoms with Gasteiger partial charge in [-0.1, -0.05) is 0 Å². The highest BCUT2D eigenvalue weighted by atomic mass is 16.5. The van der Waals surface area contributed by atoms with Gasteiger partial charge >= 0.3 is 0 Å². The lowest BCUT2D eigenvalue weighted by atomic mass is 10.2. The lowest BCUT2D eigenvalue weighted by Gasteiger charge is -2.17. The molecule has 0 bridgehead atoms. The molecule has 0 aromatic heterocycles. The van der Waals surface area contributed by atoms with E-state index in [1.54, 1.807) is 0 Å². The van der Waals surface area contributed by atoms with Crippen molar-refractivity contribution in [2.45, 2.75) is 18.9 Å². The van der Waals surface area contributed by atoms with E-state index in [1.807, 2.05) is 6.07 Å². The van der Waals surface area contributed by atoms with Crippen LogP contribution >= 0.6 is 0 Å². The Kier molecular flexibility index (Phi) is 1.47. The van der Waals surface area contributed by atoms with Gasteiger partial charge in [-0.25, -0.2) is 0 Å². The zero-order valence-electron chi connectivity index (χ0n) is 4.55. The molecule has 0 spiro atoms. The number of rotatable bonds is 0. The monoisotopic (exact) mass is 112 g/mol. The molecule has 1 fully saturated rings. The summed E-state index contributed by atoms with van der Waals surface area (Å²) in [5, 5.41) is 19.0. The van der Waals surface area contributed by atoms with Crippen LogP contribution in [0.2, 0.25) is 0 Å². The first kappa shape index (κ1) is 5.54. The largest absolute Gasteiger partial charge is 0.633 e. The first-order chi connectivity index (χ1) is 3.84. The number of hydrogen-bond acceptors (Lipinski definition) is 2. The van der Waals surface area contributed by atoms with Crippen LogP contribution in [0.3, 0.4) is 0 Å². The molecule has 0 aromatic carbocycles. The molecule has 0 saturated carbocycles. The predicted octanol–water partition coefficient (Wildman–Crippen LogP) is -0.945. The van der Waals surface area contributed by atoms with E-state index >= 15 is 0 Å². The number of hydrogen-bond donors (Lipinski definition) is 1. The van der Waals surface area contributed by atoms with Crippen LogP contribution in [-0.4, -0.2) is 12.6 Å². The topological polar surface area (TPSA) is 51.3 Å². The number of nitriles is 1. The standard InChI is InChI=1S/C5H8N2O/c6-4-5-2-1-3-7(5)8/h5,7H,1-3H2. The van der Waals surface area contributed by atoms with E-state index in [2.05, 4.69) is 0 Å². The first-order valence-electron chi connectivity index (χ1n) is 2.77. The maximum absolute atomic E-state index is 10.6. The van der Waals surface area contributed by atoms with E-state index < -0.39 is 0 Å². The second-order valence-electron chi connectivity index (χ2n) is 2.04. The van der Waals surface area contributed by atoms with Crippen LogP contribution in [-0.2, 0) is 0 Å². The van der Waals surface area contributed by atoms with Crippen molar-refractivity contribution in [1.29, 1.82) is 5.26 Å². The fraction of sp³-hybridized carbons (Fsp3) is 0.800. The molecule has 0 amide bonds. The van der Waals surface area contributed by atoms with Gasteiger partial charge in [0.05, 0.1) is 6.54 Å². The second-order valence-corrected chi connectivity index (χ2v) is 2.04. The fourth-order valence-corrected chi connectivity index (χ4v) is 0.952. The number of quaternary nitrogens is 1. The molecule has 1 aliphatic heterocycles. The zero-order valence-corrected chi connectivity index (χ0v) is 4.55. The Hall–Kier alpha value is -0.590. The van der Waals surface area contributed by atoms with E-state index in [4.69, 9.17) is 5.26 Å². The summed E-state index contributed by atoms with van der Waals surface area (Å²) in [7, 11) is 0. The molecule has 1 rings (SSSR count). The Balaban J connectivity index is 2.45. The molecule has 1 aliphatic rings. The lowest BCUT2D eigenvalue weighted by molar-refractivity contribution is -0.852. The number of nitrogens with one attached hydrogen (secondary N) is 1. The minimum atomic E-state index is -0.269. The third-order valence-corrected chi connectivity index (χ3v) is 1.46. The molecule has 2 atom stereocenters. The van der Waals surface area contributed by atoms with Crippen LogP contribution in [0.4, 0.5) is 0 Å². The number of hydroxylamine groups is 2. The SMILES string of the molecule is N#CC1CCC[NH+]1[O-]. The molecule has 3 nitrogen and oxygen atoms in total. The Labute approximate surface area is 48.1 Å². The summed E-state index contributed by atoms with van der Waals surface area (Å²) in [5.41, 5.74) is 0. The van der Waals surface area contributed by atoms with Crippen molar-refractivity contribution < 1.29 is 5.06 Å². The van der Waals surface area contributed by atoms with E-state index in [-0.39, 0.29) is 11.1 Å². The Morgan fingerprint density at radius 3 is 2.75 bits per heavy atom. The minimum absolute atomic E-state index is 0.132. The van der Waals surface area contributed by atoms with Gasteiger partial charge in [-0.3, -0.25) is 0 Å². The summed E-state index contributed by atoms with van der Waals surface area (Å²) in [6, 6.07) is 1.70. The van der Waals surface area contributed by atoms with Crippen molar-refractivity contribution >= 4 is 0 Å². The van der Waals surface area contributed by atoms with Gasteiger partial charge in [0.2, 0.25) is 0 Å². The average molecular weight is 112 g/mol. The van der Waals surface area contributed by atoms with Crippen LogP contribution in [0.25, 0.3) is 0 Å². The summed E-state index contributed by atoms with van der Waals surface area (Å²) >= 11 is 0. The van der Waals surface area contributed by atoms with Crippen molar-refractivity contribution in [2.24, 2.45) is 0 Å². The van der Waals surface area contributed by atoms with E-state index in [0.717, 1.165) is 12.8 Å². The molecule has 44 valence electrons. The highest BCUT2D eigenvalue weighted by Gasteiger charge is 2.20. The molecular formula is C5H8N2O. The lowest BCUT2D eigenvalue weighted by Crippen LogP contribution is -3.08. The van der Waals surface area contributed by atoms with Crippen molar-refractivity contribution in [3.63, 3.8) is 0 Å². The Morgan fingerprint density at radius 2 is 2.50 bits per heavy atom. The highest BCUT2D eigenvalue weighted by molar-refractivity contribution is 4.84. The van der Waals surface area contributed by atoms with Gasteiger partial charge in [0.1, 0.15) is 6.07 Å².